The van der Waals surface area contributed by atoms with Crippen LogP contribution < -0.4 is 9.64 Å². The topological polar surface area (TPSA) is 34.5 Å². The maximum atomic E-state index is 13.1. The number of nitrogens with zero attached hydrogens (tertiary/aromatic N) is 2. The van der Waals surface area contributed by atoms with Crippen LogP contribution in [0, 0.1) is 0 Å². The Bertz CT molecular complexity index is 1100. The molecule has 3 aromatic rings. The monoisotopic (exact) mass is 422 g/mol. The molecule has 1 amide bonds. The van der Waals surface area contributed by atoms with Gasteiger partial charge in [0, 0.05) is 29.2 Å². The van der Waals surface area contributed by atoms with Crippen molar-refractivity contribution in [2.45, 2.75) is 26.8 Å². The molecule has 1 saturated heterocycles. The number of para-hydroxylation sites is 1. The molecule has 6 heteroatoms. The van der Waals surface area contributed by atoms with Crippen LogP contribution in [0.15, 0.2) is 59.6 Å². The average Bonchev–Trinajstić information content (AvgIpc) is 3.21. The summed E-state index contributed by atoms with van der Waals surface area (Å²) in [5, 5.41) is 1.15. The number of carbonyl (C=O) groups is 1. The lowest BCUT2D eigenvalue weighted by molar-refractivity contribution is -0.113. The van der Waals surface area contributed by atoms with Gasteiger partial charge in [-0.05, 0) is 49.8 Å². The average molecular weight is 423 g/mol. The summed E-state index contributed by atoms with van der Waals surface area (Å²) < 4.78 is 8.27. The van der Waals surface area contributed by atoms with Crippen LogP contribution in [-0.2, 0) is 11.3 Å². The largest absolute Gasteiger partial charge is 0.494 e. The summed E-state index contributed by atoms with van der Waals surface area (Å²) in [5.41, 5.74) is 2.98. The van der Waals surface area contributed by atoms with E-state index in [1.165, 1.54) is 17.3 Å². The van der Waals surface area contributed by atoms with Crippen molar-refractivity contribution in [3.8, 4) is 5.75 Å². The van der Waals surface area contributed by atoms with E-state index in [1.54, 1.807) is 4.90 Å². The number of thioether (sulfide) groups is 1. The molecule has 0 unspecified atom stereocenters. The van der Waals surface area contributed by atoms with Crippen LogP contribution in [0.2, 0.25) is 0 Å². The minimum Gasteiger partial charge on any atom is -0.494 e. The first-order valence-corrected chi connectivity index (χ1v) is 10.9. The molecule has 1 aromatic heterocycles. The summed E-state index contributed by atoms with van der Waals surface area (Å²) in [6, 6.07) is 15.7. The van der Waals surface area contributed by atoms with E-state index >= 15 is 0 Å². The van der Waals surface area contributed by atoms with Gasteiger partial charge in [0.1, 0.15) is 5.75 Å². The highest BCUT2D eigenvalue weighted by Crippen LogP contribution is 2.37. The van der Waals surface area contributed by atoms with Gasteiger partial charge in [-0.25, -0.2) is 0 Å². The lowest BCUT2D eigenvalue weighted by Crippen LogP contribution is -2.27. The molecule has 4 nitrogen and oxygen atoms in total. The molecular formula is C23H22N2O2S2. The molecule has 0 spiro atoms. The number of fused-ring (bicyclic) bond motifs is 1. The number of amides is 1. The number of aromatic nitrogens is 1. The van der Waals surface area contributed by atoms with Gasteiger partial charge >= 0.3 is 0 Å². The van der Waals surface area contributed by atoms with Gasteiger partial charge in [0.05, 0.1) is 17.2 Å². The number of ether oxygens (including phenoxy) is 1. The van der Waals surface area contributed by atoms with Crippen LogP contribution in [0.5, 0.6) is 5.75 Å². The zero-order valence-electron chi connectivity index (χ0n) is 16.4. The second-order valence-corrected chi connectivity index (χ2v) is 8.41. The molecule has 4 rings (SSSR count). The van der Waals surface area contributed by atoms with Crippen molar-refractivity contribution in [3.63, 3.8) is 0 Å². The van der Waals surface area contributed by atoms with E-state index in [4.69, 9.17) is 17.0 Å². The predicted octanol–water partition coefficient (Wildman–Crippen LogP) is 5.86. The summed E-state index contributed by atoms with van der Waals surface area (Å²) >= 11 is 6.86. The zero-order valence-corrected chi connectivity index (χ0v) is 18.1. The number of hydrogen-bond acceptors (Lipinski definition) is 4. The third kappa shape index (κ3) is 3.82. The van der Waals surface area contributed by atoms with Crippen LogP contribution in [0.25, 0.3) is 17.0 Å². The fraction of sp³-hybridized carbons (Fsp3) is 0.217. The molecule has 148 valence electrons. The van der Waals surface area contributed by atoms with E-state index in [-0.39, 0.29) is 5.91 Å². The lowest BCUT2D eigenvalue weighted by Gasteiger charge is -2.15. The van der Waals surface area contributed by atoms with Crippen molar-refractivity contribution < 1.29 is 9.53 Å². The van der Waals surface area contributed by atoms with Crippen molar-refractivity contribution in [1.82, 2.24) is 4.57 Å². The van der Waals surface area contributed by atoms with E-state index in [9.17, 15) is 4.79 Å². The number of rotatable bonds is 6. The van der Waals surface area contributed by atoms with Crippen molar-refractivity contribution >= 4 is 56.9 Å². The zero-order chi connectivity index (χ0) is 20.4. The summed E-state index contributed by atoms with van der Waals surface area (Å²) in [6.07, 6.45) is 5.14. The third-order valence-electron chi connectivity index (χ3n) is 4.77. The molecule has 1 fully saturated rings. The smallest absolute Gasteiger partial charge is 0.270 e. The Morgan fingerprint density at radius 1 is 1.10 bits per heavy atom. The maximum absolute atomic E-state index is 13.1. The highest BCUT2D eigenvalue weighted by Gasteiger charge is 2.33. The van der Waals surface area contributed by atoms with Gasteiger partial charge in [-0.3, -0.25) is 9.69 Å². The Labute approximate surface area is 180 Å². The molecule has 0 saturated carbocycles. The van der Waals surface area contributed by atoms with Gasteiger partial charge in [-0.1, -0.05) is 49.1 Å². The number of benzene rings is 2. The Morgan fingerprint density at radius 3 is 2.59 bits per heavy atom. The van der Waals surface area contributed by atoms with Gasteiger partial charge in [0.25, 0.3) is 5.91 Å². The highest BCUT2D eigenvalue weighted by molar-refractivity contribution is 8.27. The molecule has 1 aliphatic heterocycles. The Kier molecular flexibility index (Phi) is 5.74. The third-order valence-corrected chi connectivity index (χ3v) is 6.07. The van der Waals surface area contributed by atoms with Crippen molar-refractivity contribution in [2.75, 3.05) is 11.5 Å². The number of anilines is 1. The van der Waals surface area contributed by atoms with Crippen LogP contribution in [0.1, 0.15) is 25.8 Å². The first kappa shape index (κ1) is 19.7. The van der Waals surface area contributed by atoms with Gasteiger partial charge in [0.15, 0.2) is 4.32 Å². The molecule has 2 heterocycles. The molecule has 0 atom stereocenters. The van der Waals surface area contributed by atoms with Crippen LogP contribution in [0.3, 0.4) is 0 Å². The van der Waals surface area contributed by atoms with E-state index in [1.807, 2.05) is 49.4 Å². The predicted molar refractivity (Wildman–Crippen MR) is 125 cm³/mol. The molecule has 2 aromatic carbocycles. The van der Waals surface area contributed by atoms with E-state index in [0.29, 0.717) is 15.8 Å². The number of aryl methyl sites for hydroxylation is 1. The van der Waals surface area contributed by atoms with Crippen molar-refractivity contribution in [2.24, 2.45) is 0 Å². The second-order valence-electron chi connectivity index (χ2n) is 6.74. The van der Waals surface area contributed by atoms with Gasteiger partial charge in [0.2, 0.25) is 0 Å². The number of carbonyl (C=O) groups excluding carboxylic acids is 1. The maximum Gasteiger partial charge on any atom is 0.270 e. The molecule has 0 bridgehead atoms. The number of thiocarbonyl (C=S) groups is 1. The molecule has 0 aliphatic carbocycles. The van der Waals surface area contributed by atoms with E-state index in [2.05, 4.69) is 29.8 Å². The lowest BCUT2D eigenvalue weighted by atomic mass is 10.1. The highest BCUT2D eigenvalue weighted by atomic mass is 32.2. The fourth-order valence-corrected chi connectivity index (χ4v) is 4.80. The molecule has 0 radical (unpaired) electrons. The molecule has 0 N–H and O–H groups in total. The Morgan fingerprint density at radius 2 is 1.86 bits per heavy atom. The molecule has 29 heavy (non-hydrogen) atoms. The summed E-state index contributed by atoms with van der Waals surface area (Å²) in [7, 11) is 0. The quantitative estimate of drug-likeness (QED) is 0.368. The van der Waals surface area contributed by atoms with Crippen LogP contribution >= 0.6 is 24.0 Å². The Hall–Kier alpha value is -2.57. The second kappa shape index (κ2) is 8.43. The minimum atomic E-state index is -0.0866. The van der Waals surface area contributed by atoms with Crippen LogP contribution in [0.4, 0.5) is 5.69 Å². The summed E-state index contributed by atoms with van der Waals surface area (Å²) in [4.78, 5) is 15.3. The fourth-order valence-electron chi connectivity index (χ4n) is 3.51. The van der Waals surface area contributed by atoms with E-state index in [0.717, 1.165) is 35.4 Å². The van der Waals surface area contributed by atoms with Crippen LogP contribution in [-0.4, -0.2) is 21.4 Å². The molecule has 1 aliphatic rings. The SMILES string of the molecule is CCCn1cc(/C=C2\SC(=S)N(c3ccc(OCC)cc3)C2=O)c2ccccc21. The van der Waals surface area contributed by atoms with E-state index < -0.39 is 0 Å². The van der Waals surface area contributed by atoms with Gasteiger partial charge in [-0.15, -0.1) is 0 Å². The van der Waals surface area contributed by atoms with Gasteiger partial charge < -0.3 is 9.30 Å². The normalized spacial score (nSPS) is 15.7. The van der Waals surface area contributed by atoms with Crippen molar-refractivity contribution in [3.05, 3.63) is 65.2 Å². The molecular weight excluding hydrogens is 400 g/mol. The van der Waals surface area contributed by atoms with Gasteiger partial charge in [-0.2, -0.15) is 0 Å². The minimum absolute atomic E-state index is 0.0866. The first-order chi connectivity index (χ1) is 14.1. The summed E-state index contributed by atoms with van der Waals surface area (Å²) in [6.45, 7) is 5.66. The van der Waals surface area contributed by atoms with Crippen molar-refractivity contribution in [1.29, 1.82) is 0 Å². The Balaban J connectivity index is 1.67. The number of hydrogen-bond donors (Lipinski definition) is 0. The first-order valence-electron chi connectivity index (χ1n) is 9.71. The standard InChI is InChI=1S/C23H22N2O2S2/c1-3-13-24-15-16(19-7-5-6-8-20(19)24)14-21-22(26)25(23(28)29-21)17-9-11-18(12-10-17)27-4-2/h5-12,14-15H,3-4,13H2,1-2H3/b21-14-. The summed E-state index contributed by atoms with van der Waals surface area (Å²) in [5.74, 6) is 0.692.